The second kappa shape index (κ2) is 11.0. The molecule has 1 aromatic heterocycles. The summed E-state index contributed by atoms with van der Waals surface area (Å²) in [5.74, 6) is -0.416. The molecule has 31 heavy (non-hydrogen) atoms. The third-order valence-electron chi connectivity index (χ3n) is 4.96. The zero-order valence-electron chi connectivity index (χ0n) is 17.8. The number of aromatic nitrogens is 4. The minimum absolute atomic E-state index is 0.345. The van der Waals surface area contributed by atoms with Crippen molar-refractivity contribution in [3.05, 3.63) is 77.6 Å². The van der Waals surface area contributed by atoms with Crippen molar-refractivity contribution in [2.75, 3.05) is 13.2 Å². The van der Waals surface area contributed by atoms with Gasteiger partial charge in [0.05, 0.1) is 0 Å². The number of hydrogen-bond donors (Lipinski definition) is 1. The summed E-state index contributed by atoms with van der Waals surface area (Å²) in [6, 6.07) is 17.1. The molecule has 0 aliphatic rings. The lowest BCUT2D eigenvalue weighted by atomic mass is 10.0. The van der Waals surface area contributed by atoms with Crippen LogP contribution in [0.1, 0.15) is 42.5 Å². The van der Waals surface area contributed by atoms with Gasteiger partial charge in [-0.2, -0.15) is 0 Å². The van der Waals surface area contributed by atoms with Gasteiger partial charge in [-0.25, -0.2) is 9.48 Å². The maximum atomic E-state index is 12.6. The molecule has 1 atom stereocenters. The normalized spacial score (nSPS) is 11.8. The average molecular weight is 422 g/mol. The lowest BCUT2D eigenvalue weighted by Gasteiger charge is -2.15. The zero-order chi connectivity index (χ0) is 22.1. The van der Waals surface area contributed by atoms with Crippen molar-refractivity contribution < 1.29 is 14.3 Å². The van der Waals surface area contributed by atoms with E-state index in [1.54, 1.807) is 0 Å². The molecule has 0 radical (unpaired) electrons. The summed E-state index contributed by atoms with van der Waals surface area (Å²) in [5.41, 5.74) is 3.36. The number of nitrogens with zero attached hydrogens (tertiary/aromatic N) is 4. The van der Waals surface area contributed by atoms with Crippen molar-refractivity contribution in [2.24, 2.45) is 0 Å². The summed E-state index contributed by atoms with van der Waals surface area (Å²) in [5, 5.41) is 13.8. The third-order valence-corrected chi connectivity index (χ3v) is 4.96. The zero-order valence-corrected chi connectivity index (χ0v) is 17.8. The Bertz CT molecular complexity index is 957. The maximum Gasteiger partial charge on any atom is 0.331 e. The Balaban J connectivity index is 1.46. The van der Waals surface area contributed by atoms with Gasteiger partial charge in [0.25, 0.3) is 5.91 Å². The molecule has 2 aromatic carbocycles. The van der Waals surface area contributed by atoms with Gasteiger partial charge in [0, 0.05) is 13.0 Å². The van der Waals surface area contributed by atoms with E-state index in [1.807, 2.05) is 30.3 Å². The second-order valence-corrected chi connectivity index (χ2v) is 7.60. The number of amides is 1. The van der Waals surface area contributed by atoms with Crippen LogP contribution in [0, 0.1) is 0 Å². The van der Waals surface area contributed by atoms with Crippen molar-refractivity contribution in [1.82, 2.24) is 25.5 Å². The van der Waals surface area contributed by atoms with E-state index in [1.165, 1.54) is 16.6 Å². The fraction of sp³-hybridized carbons (Fsp3) is 0.348. The summed E-state index contributed by atoms with van der Waals surface area (Å²) in [4.78, 5) is 24.7. The molecule has 0 saturated heterocycles. The van der Waals surface area contributed by atoms with E-state index in [-0.39, 0.29) is 12.5 Å². The fourth-order valence-electron chi connectivity index (χ4n) is 3.13. The highest BCUT2D eigenvalue weighted by Crippen LogP contribution is 2.16. The highest BCUT2D eigenvalue weighted by molar-refractivity contribution is 5.81. The molecule has 0 bridgehead atoms. The molecular formula is C23H27N5O3. The van der Waals surface area contributed by atoms with Gasteiger partial charge in [0.2, 0.25) is 0 Å². The predicted octanol–water partition coefficient (Wildman–Crippen LogP) is 2.48. The molecule has 0 fully saturated rings. The number of rotatable bonds is 10. The highest BCUT2D eigenvalue weighted by atomic mass is 16.5. The van der Waals surface area contributed by atoms with Gasteiger partial charge in [-0.1, -0.05) is 68.4 Å². The molecule has 8 heteroatoms. The molecule has 0 saturated carbocycles. The van der Waals surface area contributed by atoms with E-state index >= 15 is 0 Å². The van der Waals surface area contributed by atoms with E-state index < -0.39 is 12.0 Å². The Morgan fingerprint density at radius 1 is 1.03 bits per heavy atom. The van der Waals surface area contributed by atoms with Crippen LogP contribution in [0.4, 0.5) is 0 Å². The van der Waals surface area contributed by atoms with E-state index in [2.05, 4.69) is 59.0 Å². The molecule has 0 spiro atoms. The minimum Gasteiger partial charge on any atom is -0.454 e. The second-order valence-electron chi connectivity index (χ2n) is 7.60. The summed E-state index contributed by atoms with van der Waals surface area (Å²) in [6.45, 7) is 4.43. The van der Waals surface area contributed by atoms with Crippen LogP contribution < -0.4 is 5.32 Å². The molecule has 8 nitrogen and oxygen atoms in total. The SMILES string of the molecule is CC(C)c1ccc(CCNC(=O)COC(=O)[C@@H](Cc2ccccc2)n2cnnn2)cc1. The molecule has 1 amide bonds. The quantitative estimate of drug-likeness (QED) is 0.505. The van der Waals surface area contributed by atoms with Crippen molar-refractivity contribution >= 4 is 11.9 Å². The number of nitrogens with one attached hydrogen (secondary N) is 1. The van der Waals surface area contributed by atoms with Crippen LogP contribution in [0.15, 0.2) is 60.9 Å². The minimum atomic E-state index is -0.746. The van der Waals surface area contributed by atoms with Crippen LogP contribution in [0.3, 0.4) is 0 Å². The first-order valence-corrected chi connectivity index (χ1v) is 10.3. The number of carbonyl (C=O) groups is 2. The van der Waals surface area contributed by atoms with Crippen molar-refractivity contribution in [3.8, 4) is 0 Å². The smallest absolute Gasteiger partial charge is 0.331 e. The third kappa shape index (κ3) is 6.74. The molecular weight excluding hydrogens is 394 g/mol. The average Bonchev–Trinajstić information content (AvgIpc) is 3.31. The van der Waals surface area contributed by atoms with Gasteiger partial charge >= 0.3 is 5.97 Å². The summed E-state index contributed by atoms with van der Waals surface area (Å²) in [7, 11) is 0. The Morgan fingerprint density at radius 2 is 1.77 bits per heavy atom. The summed E-state index contributed by atoms with van der Waals surface area (Å²) >= 11 is 0. The van der Waals surface area contributed by atoms with Gasteiger partial charge in [-0.3, -0.25) is 4.79 Å². The van der Waals surface area contributed by atoms with E-state index in [4.69, 9.17) is 4.74 Å². The van der Waals surface area contributed by atoms with Gasteiger partial charge in [0.15, 0.2) is 12.6 Å². The summed E-state index contributed by atoms with van der Waals surface area (Å²) < 4.78 is 6.58. The van der Waals surface area contributed by atoms with E-state index in [0.717, 1.165) is 11.1 Å². The van der Waals surface area contributed by atoms with Crippen molar-refractivity contribution in [1.29, 1.82) is 0 Å². The Kier molecular flexibility index (Phi) is 7.86. The van der Waals surface area contributed by atoms with Gasteiger partial charge in [-0.05, 0) is 39.5 Å². The lowest BCUT2D eigenvalue weighted by molar-refractivity contribution is -0.152. The number of tetrazole rings is 1. The van der Waals surface area contributed by atoms with Gasteiger partial charge < -0.3 is 10.1 Å². The molecule has 0 aliphatic carbocycles. The fourth-order valence-corrected chi connectivity index (χ4v) is 3.13. The topological polar surface area (TPSA) is 99.0 Å². The Morgan fingerprint density at radius 3 is 2.42 bits per heavy atom. The molecule has 1 N–H and O–H groups in total. The number of ether oxygens (including phenoxy) is 1. The van der Waals surface area contributed by atoms with E-state index in [9.17, 15) is 9.59 Å². The molecule has 162 valence electrons. The number of esters is 1. The lowest BCUT2D eigenvalue weighted by Crippen LogP contribution is -2.33. The molecule has 1 heterocycles. The number of carbonyl (C=O) groups excluding carboxylic acids is 2. The number of benzene rings is 2. The van der Waals surface area contributed by atoms with Crippen LogP contribution in [0.2, 0.25) is 0 Å². The van der Waals surface area contributed by atoms with Gasteiger partial charge in [-0.15, -0.1) is 5.10 Å². The largest absolute Gasteiger partial charge is 0.454 e. The van der Waals surface area contributed by atoms with Gasteiger partial charge in [0.1, 0.15) is 6.33 Å². The van der Waals surface area contributed by atoms with Crippen molar-refractivity contribution in [2.45, 2.75) is 38.6 Å². The molecule has 0 unspecified atom stereocenters. The van der Waals surface area contributed by atoms with Crippen LogP contribution in [0.5, 0.6) is 0 Å². The standard InChI is InChI=1S/C23H27N5O3/c1-17(2)20-10-8-18(9-11-20)12-13-24-22(29)15-31-23(30)21(28-16-25-26-27-28)14-19-6-4-3-5-7-19/h3-11,16-17,21H,12-15H2,1-2H3,(H,24,29)/t21-/m1/s1. The van der Waals surface area contributed by atoms with Crippen molar-refractivity contribution in [3.63, 3.8) is 0 Å². The summed E-state index contributed by atoms with van der Waals surface area (Å²) in [6.07, 6.45) is 2.43. The monoisotopic (exact) mass is 421 g/mol. The van der Waals surface area contributed by atoms with Crippen LogP contribution in [-0.2, 0) is 27.2 Å². The number of hydrogen-bond acceptors (Lipinski definition) is 6. The molecule has 0 aliphatic heterocycles. The maximum absolute atomic E-state index is 12.6. The van der Waals surface area contributed by atoms with Crippen LogP contribution in [0.25, 0.3) is 0 Å². The first-order valence-electron chi connectivity index (χ1n) is 10.3. The van der Waals surface area contributed by atoms with E-state index in [0.29, 0.717) is 25.3 Å². The molecule has 3 aromatic rings. The first kappa shape index (κ1) is 22.1. The Hall–Kier alpha value is -3.55. The van der Waals surface area contributed by atoms with Crippen LogP contribution in [-0.4, -0.2) is 45.2 Å². The first-order chi connectivity index (χ1) is 15.0. The molecule has 3 rings (SSSR count). The Labute approximate surface area is 181 Å². The predicted molar refractivity (Wildman–Crippen MR) is 115 cm³/mol. The highest BCUT2D eigenvalue weighted by Gasteiger charge is 2.24. The van der Waals surface area contributed by atoms with Crippen LogP contribution >= 0.6 is 0 Å².